The first-order valence-electron chi connectivity index (χ1n) is 8.57. The van der Waals surface area contributed by atoms with Gasteiger partial charge in [0.1, 0.15) is 0 Å². The molecule has 0 fully saturated rings. The number of unbranched alkanes of at least 4 members (excludes halogenated alkanes) is 1. The average Bonchev–Trinajstić information content (AvgIpc) is 2.56. The summed E-state index contributed by atoms with van der Waals surface area (Å²) in [6.45, 7) is 18.1. The van der Waals surface area contributed by atoms with Crippen molar-refractivity contribution in [2.75, 3.05) is 0 Å². The molecule has 0 spiro atoms. The highest BCUT2D eigenvalue weighted by molar-refractivity contribution is 5.34. The van der Waals surface area contributed by atoms with Crippen LogP contribution in [0, 0.1) is 16.7 Å². The van der Waals surface area contributed by atoms with Crippen LogP contribution in [0.3, 0.4) is 0 Å². The van der Waals surface area contributed by atoms with Crippen LogP contribution in [0.15, 0.2) is 36.5 Å². The van der Waals surface area contributed by atoms with Crippen molar-refractivity contribution in [1.29, 1.82) is 5.26 Å². The van der Waals surface area contributed by atoms with E-state index in [0.29, 0.717) is 0 Å². The van der Waals surface area contributed by atoms with E-state index in [0.717, 1.165) is 37.7 Å². The maximum atomic E-state index is 9.57. The zero-order valence-electron chi connectivity index (χ0n) is 15.5. The van der Waals surface area contributed by atoms with Crippen LogP contribution >= 0.6 is 0 Å². The van der Waals surface area contributed by atoms with Crippen molar-refractivity contribution in [3.63, 3.8) is 0 Å². The quantitative estimate of drug-likeness (QED) is 0.433. The molecule has 1 unspecified atom stereocenters. The second-order valence-electron chi connectivity index (χ2n) is 4.40. The first kappa shape index (κ1) is 24.7. The fourth-order valence-electron chi connectivity index (χ4n) is 2.12. The Kier molecular flexibility index (Phi) is 22.0. The first-order chi connectivity index (χ1) is 10.2. The van der Waals surface area contributed by atoms with Crippen LogP contribution in [0.5, 0.6) is 0 Å². The van der Waals surface area contributed by atoms with Crippen molar-refractivity contribution < 1.29 is 0 Å². The third-order valence-corrected chi connectivity index (χ3v) is 3.09. The van der Waals surface area contributed by atoms with Gasteiger partial charge in [-0.2, -0.15) is 5.26 Å². The summed E-state index contributed by atoms with van der Waals surface area (Å²) in [6, 6.07) is 2.54. The molecule has 0 aliphatic heterocycles. The van der Waals surface area contributed by atoms with Gasteiger partial charge in [-0.3, -0.25) is 0 Å². The maximum Gasteiger partial charge on any atom is 0.0822 e. The number of allylic oxidation sites excluding steroid dienone is 5. The zero-order valence-corrected chi connectivity index (χ0v) is 15.5. The summed E-state index contributed by atoms with van der Waals surface area (Å²) in [5.74, 6) is 0. The van der Waals surface area contributed by atoms with E-state index in [-0.39, 0.29) is 5.41 Å². The van der Waals surface area contributed by atoms with Gasteiger partial charge in [0.05, 0.1) is 11.5 Å². The van der Waals surface area contributed by atoms with E-state index < -0.39 is 0 Å². The summed E-state index contributed by atoms with van der Waals surface area (Å²) in [7, 11) is 0. The van der Waals surface area contributed by atoms with Gasteiger partial charge in [-0.25, -0.2) is 0 Å². The van der Waals surface area contributed by atoms with Gasteiger partial charge >= 0.3 is 0 Å². The van der Waals surface area contributed by atoms with Crippen LogP contribution in [0.25, 0.3) is 0 Å². The van der Waals surface area contributed by atoms with Gasteiger partial charge in [-0.15, -0.1) is 0 Å². The molecular weight excluding hydrogens is 254 g/mol. The molecule has 1 nitrogen and oxygen atoms in total. The molecule has 21 heavy (non-hydrogen) atoms. The monoisotopic (exact) mass is 291 g/mol. The fourth-order valence-corrected chi connectivity index (χ4v) is 2.12. The Morgan fingerprint density at radius 1 is 1.10 bits per heavy atom. The Hall–Kier alpha value is -1.29. The van der Waals surface area contributed by atoms with Gasteiger partial charge in [0.25, 0.3) is 0 Å². The van der Waals surface area contributed by atoms with Gasteiger partial charge in [0, 0.05) is 0 Å². The van der Waals surface area contributed by atoms with Gasteiger partial charge in [-0.05, 0) is 25.3 Å². The van der Waals surface area contributed by atoms with Gasteiger partial charge < -0.3 is 0 Å². The highest BCUT2D eigenvalue weighted by atomic mass is 14.4. The van der Waals surface area contributed by atoms with Gasteiger partial charge in [-0.1, -0.05) is 91.7 Å². The summed E-state index contributed by atoms with van der Waals surface area (Å²) in [4.78, 5) is 0. The number of hydrogen-bond acceptors (Lipinski definition) is 1. The van der Waals surface area contributed by atoms with Gasteiger partial charge in [0.15, 0.2) is 0 Å². The molecule has 0 rings (SSSR count). The molecule has 0 N–H and O–H groups in total. The number of nitriles is 1. The van der Waals surface area contributed by atoms with Crippen molar-refractivity contribution in [2.24, 2.45) is 5.41 Å². The van der Waals surface area contributed by atoms with E-state index >= 15 is 0 Å². The Bertz CT molecular complexity index is 317. The molecule has 1 atom stereocenters. The highest BCUT2D eigenvalue weighted by Crippen LogP contribution is 2.38. The molecule has 0 aliphatic rings. The van der Waals surface area contributed by atoms with E-state index in [1.165, 1.54) is 0 Å². The molecule has 0 aromatic heterocycles. The molecule has 0 aromatic rings. The van der Waals surface area contributed by atoms with E-state index in [1.807, 2.05) is 58.9 Å². The Labute approximate surface area is 134 Å². The van der Waals surface area contributed by atoms with E-state index in [1.54, 1.807) is 0 Å². The third-order valence-electron chi connectivity index (χ3n) is 3.09. The van der Waals surface area contributed by atoms with Crippen molar-refractivity contribution in [3.8, 4) is 6.07 Å². The topological polar surface area (TPSA) is 23.8 Å². The minimum Gasteiger partial charge on any atom is -0.197 e. The Morgan fingerprint density at radius 3 is 2.00 bits per heavy atom. The van der Waals surface area contributed by atoms with Crippen LogP contribution in [0.1, 0.15) is 80.6 Å². The second kappa shape index (κ2) is 18.7. The van der Waals surface area contributed by atoms with Crippen LogP contribution in [0.4, 0.5) is 0 Å². The van der Waals surface area contributed by atoms with Gasteiger partial charge in [0.2, 0.25) is 0 Å². The molecule has 0 bridgehead atoms. The molecule has 0 aliphatic carbocycles. The molecule has 0 saturated carbocycles. The molecule has 0 saturated heterocycles. The third kappa shape index (κ3) is 10.1. The predicted molar refractivity (Wildman–Crippen MR) is 98.3 cm³/mol. The van der Waals surface area contributed by atoms with E-state index in [9.17, 15) is 5.26 Å². The van der Waals surface area contributed by atoms with Crippen molar-refractivity contribution in [3.05, 3.63) is 36.5 Å². The molecule has 122 valence electrons. The Balaban J connectivity index is -0.000000739. The fraction of sp³-hybridized carbons (Fsp3) is 0.650. The van der Waals surface area contributed by atoms with Crippen molar-refractivity contribution in [2.45, 2.75) is 80.6 Å². The lowest BCUT2D eigenvalue weighted by atomic mass is 9.73. The zero-order chi connectivity index (χ0) is 17.1. The standard InChI is InChI=1S/C16H25N.2C2H6/c1-5-9-11-15(8-4)16(14-17,12-7-3)13-10-6-2;2*1-2/h5,8-9,11H,4,6-7,10,12-13H2,1-3H3;2*1-2H3/b9-5-,15-11+;;. The molecule has 0 amide bonds. The minimum atomic E-state index is -0.341. The SMILES string of the molecule is C=C/C(=C\C=C/C)C(C#N)(CCC)CCCC.CC.CC. The smallest absolute Gasteiger partial charge is 0.0822 e. The largest absolute Gasteiger partial charge is 0.197 e. The molecule has 0 radical (unpaired) electrons. The van der Waals surface area contributed by atoms with E-state index in [4.69, 9.17) is 0 Å². The predicted octanol–water partition coefficient (Wildman–Crippen LogP) is 7.23. The Morgan fingerprint density at radius 2 is 1.67 bits per heavy atom. The number of rotatable bonds is 8. The second-order valence-corrected chi connectivity index (χ2v) is 4.40. The minimum absolute atomic E-state index is 0.341. The lowest BCUT2D eigenvalue weighted by Gasteiger charge is -2.27. The summed E-state index contributed by atoms with van der Waals surface area (Å²) in [5, 5.41) is 9.57. The lowest BCUT2D eigenvalue weighted by Crippen LogP contribution is -2.20. The maximum absolute atomic E-state index is 9.57. The van der Waals surface area contributed by atoms with Crippen LogP contribution in [-0.2, 0) is 0 Å². The number of hydrogen-bond donors (Lipinski definition) is 0. The average molecular weight is 292 g/mol. The summed E-state index contributed by atoms with van der Waals surface area (Å²) in [5.41, 5.74) is 0.722. The molecule has 1 heteroatoms. The van der Waals surface area contributed by atoms with Crippen LogP contribution in [0.2, 0.25) is 0 Å². The van der Waals surface area contributed by atoms with E-state index in [2.05, 4.69) is 26.5 Å². The molecule has 0 heterocycles. The number of nitrogens with zero attached hydrogens (tertiary/aromatic N) is 1. The highest BCUT2D eigenvalue weighted by Gasteiger charge is 2.31. The van der Waals surface area contributed by atoms with Crippen LogP contribution in [-0.4, -0.2) is 0 Å². The summed E-state index contributed by atoms with van der Waals surface area (Å²) >= 11 is 0. The lowest BCUT2D eigenvalue weighted by molar-refractivity contribution is 0.390. The van der Waals surface area contributed by atoms with Crippen molar-refractivity contribution in [1.82, 2.24) is 0 Å². The first-order valence-corrected chi connectivity index (χ1v) is 8.57. The molecule has 0 aromatic carbocycles. The van der Waals surface area contributed by atoms with Crippen LogP contribution < -0.4 is 0 Å². The van der Waals surface area contributed by atoms with Crippen molar-refractivity contribution >= 4 is 0 Å². The molecular formula is C20H37N. The normalized spacial score (nSPS) is 13.1. The summed E-state index contributed by atoms with van der Waals surface area (Å²) in [6.07, 6.45) is 12.9. The summed E-state index contributed by atoms with van der Waals surface area (Å²) < 4.78 is 0.